The highest BCUT2D eigenvalue weighted by molar-refractivity contribution is 7.92. The first-order valence-electron chi connectivity index (χ1n) is 5.11. The van der Waals surface area contributed by atoms with Gasteiger partial charge in [0.05, 0.1) is 5.69 Å². The van der Waals surface area contributed by atoms with Crippen molar-refractivity contribution >= 4 is 15.7 Å². The second-order valence-corrected chi connectivity index (χ2v) is 5.32. The molecule has 0 unspecified atom stereocenters. The summed E-state index contributed by atoms with van der Waals surface area (Å²) in [7, 11) is -3.89. The number of rotatable bonds is 3. The van der Waals surface area contributed by atoms with Gasteiger partial charge in [-0.3, -0.25) is 14.5 Å². The first kappa shape index (κ1) is 12.3. The molecule has 0 saturated heterocycles. The van der Waals surface area contributed by atoms with Gasteiger partial charge in [-0.15, -0.1) is 0 Å². The van der Waals surface area contributed by atoms with Gasteiger partial charge in [0.1, 0.15) is 0 Å². The molecule has 94 valence electrons. The summed E-state index contributed by atoms with van der Waals surface area (Å²) in [5, 5.41) is 0. The first-order valence-corrected chi connectivity index (χ1v) is 6.59. The van der Waals surface area contributed by atoms with E-state index < -0.39 is 15.5 Å². The molecule has 6 nitrogen and oxygen atoms in total. The Kier molecular flexibility index (Phi) is 3.15. The van der Waals surface area contributed by atoms with E-state index in [1.54, 1.807) is 6.92 Å². The molecule has 0 aliphatic rings. The number of anilines is 1. The fourth-order valence-electron chi connectivity index (χ4n) is 1.40. The van der Waals surface area contributed by atoms with E-state index in [4.69, 9.17) is 0 Å². The lowest BCUT2D eigenvalue weighted by Crippen LogP contribution is -2.21. The second kappa shape index (κ2) is 4.61. The van der Waals surface area contributed by atoms with Crippen LogP contribution in [-0.4, -0.2) is 18.4 Å². The van der Waals surface area contributed by atoms with Gasteiger partial charge >= 0.3 is 0 Å². The van der Waals surface area contributed by atoms with Gasteiger partial charge < -0.3 is 4.98 Å². The largest absolute Gasteiger partial charge is 0.366 e. The van der Waals surface area contributed by atoms with Crippen molar-refractivity contribution in [3.8, 4) is 0 Å². The highest BCUT2D eigenvalue weighted by Crippen LogP contribution is 2.16. The SMILES string of the molecule is Cc1cnccc1NS(=O)(=O)c1c[nH]ccc1=O. The molecule has 18 heavy (non-hydrogen) atoms. The summed E-state index contributed by atoms with van der Waals surface area (Å²) in [6.45, 7) is 1.72. The van der Waals surface area contributed by atoms with Crippen LogP contribution >= 0.6 is 0 Å². The fourth-order valence-corrected chi connectivity index (χ4v) is 2.58. The Hall–Kier alpha value is -2.15. The van der Waals surface area contributed by atoms with Crippen LogP contribution in [0.4, 0.5) is 5.69 Å². The molecule has 2 rings (SSSR count). The summed E-state index contributed by atoms with van der Waals surface area (Å²) in [5.74, 6) is 0. The zero-order valence-corrected chi connectivity index (χ0v) is 10.4. The number of H-pyrrole nitrogens is 1. The Bertz CT molecular complexity index is 722. The minimum absolute atomic E-state index is 0.318. The third kappa shape index (κ3) is 2.40. The number of nitrogens with zero attached hydrogens (tertiary/aromatic N) is 1. The summed E-state index contributed by atoms with van der Waals surface area (Å²) in [6.07, 6.45) is 5.54. The minimum atomic E-state index is -3.89. The molecule has 2 heterocycles. The van der Waals surface area contributed by atoms with Crippen LogP contribution < -0.4 is 10.2 Å². The van der Waals surface area contributed by atoms with Crippen molar-refractivity contribution in [2.45, 2.75) is 11.8 Å². The number of aromatic amines is 1. The lowest BCUT2D eigenvalue weighted by Gasteiger charge is -2.09. The van der Waals surface area contributed by atoms with Crippen LogP contribution in [0.5, 0.6) is 0 Å². The van der Waals surface area contributed by atoms with Crippen LogP contribution in [0.2, 0.25) is 0 Å². The topological polar surface area (TPSA) is 91.9 Å². The summed E-state index contributed by atoms with van der Waals surface area (Å²) >= 11 is 0. The average molecular weight is 265 g/mol. The average Bonchev–Trinajstić information content (AvgIpc) is 2.32. The molecule has 2 N–H and O–H groups in total. The highest BCUT2D eigenvalue weighted by Gasteiger charge is 2.18. The van der Waals surface area contributed by atoms with Crippen molar-refractivity contribution in [1.29, 1.82) is 0 Å². The van der Waals surface area contributed by atoms with Crippen molar-refractivity contribution in [1.82, 2.24) is 9.97 Å². The molecule has 7 heteroatoms. The number of hydrogen-bond donors (Lipinski definition) is 2. The van der Waals surface area contributed by atoms with Crippen LogP contribution in [0.25, 0.3) is 0 Å². The molecule has 0 aliphatic heterocycles. The van der Waals surface area contributed by atoms with E-state index in [1.165, 1.54) is 24.7 Å². The molecular formula is C11H11N3O3S. The zero-order chi connectivity index (χ0) is 13.2. The molecule has 2 aromatic heterocycles. The molecule has 0 fully saturated rings. The van der Waals surface area contributed by atoms with Gasteiger partial charge in [0, 0.05) is 30.9 Å². The van der Waals surface area contributed by atoms with E-state index in [1.807, 2.05) is 0 Å². The molecule has 0 radical (unpaired) electrons. The predicted molar refractivity (Wildman–Crippen MR) is 66.8 cm³/mol. The number of sulfonamides is 1. The lowest BCUT2D eigenvalue weighted by atomic mass is 10.3. The second-order valence-electron chi connectivity index (χ2n) is 3.67. The molecule has 0 bridgehead atoms. The van der Waals surface area contributed by atoms with Crippen LogP contribution in [0, 0.1) is 6.92 Å². The Morgan fingerprint density at radius 1 is 1.33 bits per heavy atom. The van der Waals surface area contributed by atoms with E-state index in [0.717, 1.165) is 12.3 Å². The van der Waals surface area contributed by atoms with E-state index in [9.17, 15) is 13.2 Å². The Morgan fingerprint density at radius 2 is 2.11 bits per heavy atom. The van der Waals surface area contributed by atoms with Crippen LogP contribution in [0.15, 0.2) is 46.6 Å². The maximum absolute atomic E-state index is 12.0. The zero-order valence-electron chi connectivity index (χ0n) is 9.54. The number of pyridine rings is 2. The summed E-state index contributed by atoms with van der Waals surface area (Å²) in [5.41, 5.74) is 0.509. The molecular weight excluding hydrogens is 254 g/mol. The van der Waals surface area contributed by atoms with E-state index in [0.29, 0.717) is 11.3 Å². The highest BCUT2D eigenvalue weighted by atomic mass is 32.2. The minimum Gasteiger partial charge on any atom is -0.366 e. The van der Waals surface area contributed by atoms with Crippen molar-refractivity contribution in [2.24, 2.45) is 0 Å². The number of aryl methyl sites for hydroxylation is 1. The number of hydrogen-bond acceptors (Lipinski definition) is 4. The Morgan fingerprint density at radius 3 is 2.78 bits per heavy atom. The maximum Gasteiger partial charge on any atom is 0.267 e. The smallest absolute Gasteiger partial charge is 0.267 e. The Labute approximate surface area is 104 Å². The first-order chi connectivity index (χ1) is 8.50. The van der Waals surface area contributed by atoms with Gasteiger partial charge in [-0.05, 0) is 18.6 Å². The van der Waals surface area contributed by atoms with Gasteiger partial charge in [-0.2, -0.15) is 0 Å². The predicted octanol–water partition coefficient (Wildman–Crippen LogP) is 0.879. The Balaban J connectivity index is 2.43. The van der Waals surface area contributed by atoms with Gasteiger partial charge in [0.25, 0.3) is 10.0 Å². The molecule has 0 aliphatic carbocycles. The van der Waals surface area contributed by atoms with Crippen molar-refractivity contribution in [3.63, 3.8) is 0 Å². The molecule has 0 atom stereocenters. The molecule has 0 spiro atoms. The number of aromatic nitrogens is 2. The van der Waals surface area contributed by atoms with Gasteiger partial charge in [0.15, 0.2) is 4.90 Å². The van der Waals surface area contributed by atoms with Crippen LogP contribution in [0.3, 0.4) is 0 Å². The van der Waals surface area contributed by atoms with Crippen LogP contribution in [0.1, 0.15) is 5.56 Å². The normalized spacial score (nSPS) is 11.2. The standard InChI is InChI=1S/C11H11N3O3S/c1-8-6-12-4-2-9(8)14-18(16,17)11-7-13-5-3-10(11)15/h2-7H,1H3,(H,12,14)(H,13,15). The lowest BCUT2D eigenvalue weighted by molar-refractivity contribution is 0.600. The number of nitrogens with one attached hydrogen (secondary N) is 2. The quantitative estimate of drug-likeness (QED) is 0.861. The van der Waals surface area contributed by atoms with E-state index in [-0.39, 0.29) is 4.90 Å². The maximum atomic E-state index is 12.0. The third-order valence-electron chi connectivity index (χ3n) is 2.34. The van der Waals surface area contributed by atoms with Gasteiger partial charge in [0.2, 0.25) is 5.43 Å². The monoisotopic (exact) mass is 265 g/mol. The summed E-state index contributed by atoms with van der Waals surface area (Å²) in [4.78, 5) is 17.6. The van der Waals surface area contributed by atoms with E-state index >= 15 is 0 Å². The third-order valence-corrected chi connectivity index (χ3v) is 3.73. The molecule has 0 saturated carbocycles. The van der Waals surface area contributed by atoms with E-state index in [2.05, 4.69) is 14.7 Å². The van der Waals surface area contributed by atoms with Crippen molar-refractivity contribution in [3.05, 3.63) is 52.7 Å². The van der Waals surface area contributed by atoms with Crippen LogP contribution in [-0.2, 0) is 10.0 Å². The van der Waals surface area contributed by atoms with Gasteiger partial charge in [-0.1, -0.05) is 0 Å². The fraction of sp³-hybridized carbons (Fsp3) is 0.0909. The summed E-state index contributed by atoms with van der Waals surface area (Å²) in [6, 6.07) is 2.69. The van der Waals surface area contributed by atoms with Crippen molar-refractivity contribution < 1.29 is 8.42 Å². The summed E-state index contributed by atoms with van der Waals surface area (Å²) < 4.78 is 26.4. The molecule has 0 amide bonds. The van der Waals surface area contributed by atoms with Crippen molar-refractivity contribution in [2.75, 3.05) is 4.72 Å². The van der Waals surface area contributed by atoms with Gasteiger partial charge in [-0.25, -0.2) is 8.42 Å². The molecule has 0 aromatic carbocycles. The molecule has 2 aromatic rings.